The van der Waals surface area contributed by atoms with Gasteiger partial charge in [-0.15, -0.1) is 11.3 Å². The Hall–Kier alpha value is -1.14. The first-order chi connectivity index (χ1) is 9.74. The highest BCUT2D eigenvalue weighted by Crippen LogP contribution is 2.29. The predicted molar refractivity (Wildman–Crippen MR) is 83.2 cm³/mol. The van der Waals surface area contributed by atoms with Gasteiger partial charge in [0.2, 0.25) is 0 Å². The van der Waals surface area contributed by atoms with Crippen LogP contribution in [0.15, 0.2) is 11.2 Å². The van der Waals surface area contributed by atoms with Crippen LogP contribution >= 0.6 is 11.3 Å². The van der Waals surface area contributed by atoms with Gasteiger partial charge in [-0.3, -0.25) is 9.89 Å². The molecule has 0 aromatic carbocycles. The number of hydrogen-bond donors (Lipinski definition) is 2. The standard InChI is InChI=1S/C14H23N5S/c1-10-16-7-13(20-10)8-17-14(15-2)18-11-5-6-19(9-11)12-3-4-12/h7,11-12H,3-6,8-9H2,1-2H3,(H2,15,17,18). The zero-order valence-corrected chi connectivity index (χ0v) is 13.0. The van der Waals surface area contributed by atoms with Crippen molar-refractivity contribution in [2.75, 3.05) is 20.1 Å². The number of aliphatic imine (C=N–C) groups is 1. The van der Waals surface area contributed by atoms with E-state index in [1.165, 1.54) is 30.7 Å². The summed E-state index contributed by atoms with van der Waals surface area (Å²) in [5.41, 5.74) is 0. The smallest absolute Gasteiger partial charge is 0.191 e. The van der Waals surface area contributed by atoms with Crippen molar-refractivity contribution >= 4 is 17.3 Å². The van der Waals surface area contributed by atoms with Crippen LogP contribution in [0.1, 0.15) is 29.1 Å². The van der Waals surface area contributed by atoms with Crippen molar-refractivity contribution < 1.29 is 0 Å². The molecule has 1 aliphatic carbocycles. The van der Waals surface area contributed by atoms with E-state index in [0.717, 1.165) is 30.1 Å². The number of nitrogens with zero attached hydrogens (tertiary/aromatic N) is 3. The summed E-state index contributed by atoms with van der Waals surface area (Å²) in [6.07, 6.45) is 5.94. The molecule has 1 aromatic rings. The zero-order chi connectivity index (χ0) is 13.9. The number of hydrogen-bond acceptors (Lipinski definition) is 4. The molecular weight excluding hydrogens is 270 g/mol. The number of rotatable bonds is 4. The molecular formula is C14H23N5S. The summed E-state index contributed by atoms with van der Waals surface area (Å²) in [6.45, 7) is 5.22. The Morgan fingerprint density at radius 3 is 3.00 bits per heavy atom. The number of nitrogens with one attached hydrogen (secondary N) is 2. The fourth-order valence-electron chi connectivity index (χ4n) is 2.72. The molecule has 6 heteroatoms. The van der Waals surface area contributed by atoms with E-state index >= 15 is 0 Å². The number of thiazole rings is 1. The molecule has 0 radical (unpaired) electrons. The lowest BCUT2D eigenvalue weighted by Crippen LogP contribution is -2.44. The minimum atomic E-state index is 0.532. The number of guanidine groups is 1. The molecule has 20 heavy (non-hydrogen) atoms. The van der Waals surface area contributed by atoms with Gasteiger partial charge in [-0.1, -0.05) is 0 Å². The van der Waals surface area contributed by atoms with Crippen LogP contribution in [0.3, 0.4) is 0 Å². The minimum Gasteiger partial charge on any atom is -0.352 e. The summed E-state index contributed by atoms with van der Waals surface area (Å²) in [6, 6.07) is 1.40. The molecule has 0 spiro atoms. The molecule has 1 aliphatic heterocycles. The molecule has 1 saturated carbocycles. The third-order valence-electron chi connectivity index (χ3n) is 3.95. The average Bonchev–Trinajstić information content (AvgIpc) is 3.06. The fourth-order valence-corrected chi connectivity index (χ4v) is 3.46. The molecule has 1 atom stereocenters. The monoisotopic (exact) mass is 293 g/mol. The molecule has 1 aromatic heterocycles. The second-order valence-corrected chi connectivity index (χ2v) is 6.95. The maximum absolute atomic E-state index is 4.32. The molecule has 1 saturated heterocycles. The van der Waals surface area contributed by atoms with Gasteiger partial charge in [0, 0.05) is 43.3 Å². The van der Waals surface area contributed by atoms with Crippen LogP contribution in [0, 0.1) is 6.92 Å². The third kappa shape index (κ3) is 3.49. The second-order valence-electron chi connectivity index (χ2n) is 5.63. The van der Waals surface area contributed by atoms with Crippen LogP contribution in [0.2, 0.25) is 0 Å². The molecule has 2 N–H and O–H groups in total. The maximum atomic E-state index is 4.32. The lowest BCUT2D eigenvalue weighted by atomic mass is 10.3. The lowest BCUT2D eigenvalue weighted by Gasteiger charge is -2.18. The highest BCUT2D eigenvalue weighted by Gasteiger charge is 2.34. The summed E-state index contributed by atoms with van der Waals surface area (Å²) in [5.74, 6) is 0.902. The molecule has 0 bridgehead atoms. The maximum Gasteiger partial charge on any atom is 0.191 e. The van der Waals surface area contributed by atoms with Gasteiger partial charge in [0.15, 0.2) is 5.96 Å². The molecule has 2 fully saturated rings. The summed E-state index contributed by atoms with van der Waals surface area (Å²) in [7, 11) is 1.83. The van der Waals surface area contributed by atoms with Crippen LogP contribution < -0.4 is 10.6 Å². The van der Waals surface area contributed by atoms with E-state index in [1.54, 1.807) is 11.3 Å². The van der Waals surface area contributed by atoms with Crippen LogP contribution in [0.25, 0.3) is 0 Å². The number of aryl methyl sites for hydroxylation is 1. The fraction of sp³-hybridized carbons (Fsp3) is 0.714. The predicted octanol–water partition coefficient (Wildman–Crippen LogP) is 1.35. The van der Waals surface area contributed by atoms with Gasteiger partial charge in [0.05, 0.1) is 11.6 Å². The Balaban J connectivity index is 1.45. The topological polar surface area (TPSA) is 52.6 Å². The third-order valence-corrected chi connectivity index (χ3v) is 4.86. The van der Waals surface area contributed by atoms with Crippen molar-refractivity contribution in [3.05, 3.63) is 16.1 Å². The highest BCUT2D eigenvalue weighted by atomic mass is 32.1. The van der Waals surface area contributed by atoms with Crippen LogP contribution in [0.5, 0.6) is 0 Å². The Labute approximate surface area is 124 Å². The Morgan fingerprint density at radius 2 is 2.35 bits per heavy atom. The summed E-state index contributed by atoms with van der Waals surface area (Å²) < 4.78 is 0. The van der Waals surface area contributed by atoms with E-state index in [1.807, 2.05) is 20.2 Å². The van der Waals surface area contributed by atoms with Gasteiger partial charge in [0.25, 0.3) is 0 Å². The van der Waals surface area contributed by atoms with Gasteiger partial charge < -0.3 is 10.6 Å². The quantitative estimate of drug-likeness (QED) is 0.650. The first-order valence-corrected chi connectivity index (χ1v) is 8.19. The molecule has 1 unspecified atom stereocenters. The van der Waals surface area contributed by atoms with Gasteiger partial charge in [-0.2, -0.15) is 0 Å². The van der Waals surface area contributed by atoms with Crippen LogP contribution in [-0.2, 0) is 6.54 Å². The van der Waals surface area contributed by atoms with Crippen LogP contribution in [-0.4, -0.2) is 48.1 Å². The Kier molecular flexibility index (Phi) is 4.21. The van der Waals surface area contributed by atoms with E-state index in [0.29, 0.717) is 6.04 Å². The van der Waals surface area contributed by atoms with E-state index in [4.69, 9.17) is 0 Å². The highest BCUT2D eigenvalue weighted by molar-refractivity contribution is 7.11. The van der Waals surface area contributed by atoms with Crippen molar-refractivity contribution in [2.24, 2.45) is 4.99 Å². The SMILES string of the molecule is CN=C(NCc1cnc(C)s1)NC1CCN(C2CC2)C1. The van der Waals surface area contributed by atoms with E-state index in [9.17, 15) is 0 Å². The Bertz CT molecular complexity index is 480. The number of aromatic nitrogens is 1. The van der Waals surface area contributed by atoms with Gasteiger partial charge in [-0.25, -0.2) is 4.98 Å². The van der Waals surface area contributed by atoms with Crippen molar-refractivity contribution in [1.82, 2.24) is 20.5 Å². The molecule has 3 rings (SSSR count). The normalized spacial score (nSPS) is 24.1. The molecule has 5 nitrogen and oxygen atoms in total. The summed E-state index contributed by atoms with van der Waals surface area (Å²) in [5, 5.41) is 8.02. The minimum absolute atomic E-state index is 0.532. The van der Waals surface area contributed by atoms with E-state index in [2.05, 4.69) is 25.5 Å². The number of likely N-dealkylation sites (tertiary alicyclic amines) is 1. The average molecular weight is 293 g/mol. The van der Waals surface area contributed by atoms with Crippen LogP contribution in [0.4, 0.5) is 0 Å². The van der Waals surface area contributed by atoms with Gasteiger partial charge >= 0.3 is 0 Å². The largest absolute Gasteiger partial charge is 0.352 e. The second kappa shape index (κ2) is 6.10. The van der Waals surface area contributed by atoms with E-state index in [-0.39, 0.29) is 0 Å². The summed E-state index contributed by atoms with van der Waals surface area (Å²) >= 11 is 1.73. The summed E-state index contributed by atoms with van der Waals surface area (Å²) in [4.78, 5) is 12.4. The molecule has 0 amide bonds. The van der Waals surface area contributed by atoms with Crippen molar-refractivity contribution in [3.8, 4) is 0 Å². The van der Waals surface area contributed by atoms with Crippen molar-refractivity contribution in [3.63, 3.8) is 0 Å². The van der Waals surface area contributed by atoms with Gasteiger partial charge in [0.1, 0.15) is 0 Å². The molecule has 2 aliphatic rings. The molecule has 2 heterocycles. The first-order valence-electron chi connectivity index (χ1n) is 7.37. The first kappa shape index (κ1) is 13.8. The lowest BCUT2D eigenvalue weighted by molar-refractivity contribution is 0.321. The van der Waals surface area contributed by atoms with Crippen molar-refractivity contribution in [1.29, 1.82) is 0 Å². The van der Waals surface area contributed by atoms with Gasteiger partial charge in [-0.05, 0) is 26.2 Å². The zero-order valence-electron chi connectivity index (χ0n) is 12.2. The molecule has 110 valence electrons. The van der Waals surface area contributed by atoms with E-state index < -0.39 is 0 Å². The Morgan fingerprint density at radius 1 is 1.50 bits per heavy atom. The van der Waals surface area contributed by atoms with Crippen molar-refractivity contribution in [2.45, 2.75) is 44.8 Å².